The summed E-state index contributed by atoms with van der Waals surface area (Å²) in [6.07, 6.45) is 33.6. The van der Waals surface area contributed by atoms with Crippen LogP contribution in [0, 0.1) is 0 Å². The van der Waals surface area contributed by atoms with Gasteiger partial charge in [-0.3, -0.25) is 9.59 Å². The van der Waals surface area contributed by atoms with E-state index < -0.39 is 6.10 Å². The number of unbranched alkanes of at least 4 members (excludes halogenated alkanes) is 10. The van der Waals surface area contributed by atoms with Crippen LogP contribution in [0.2, 0.25) is 0 Å². The zero-order valence-corrected chi connectivity index (χ0v) is 26.2. The van der Waals surface area contributed by atoms with Gasteiger partial charge in [-0.1, -0.05) is 127 Å². The lowest BCUT2D eigenvalue weighted by Gasteiger charge is -2.15. The predicted molar refractivity (Wildman–Crippen MR) is 170 cm³/mol. The van der Waals surface area contributed by atoms with Gasteiger partial charge in [0.05, 0.1) is 12.7 Å². The zero-order valence-electron chi connectivity index (χ0n) is 26.2. The van der Waals surface area contributed by atoms with Crippen molar-refractivity contribution < 1.29 is 29.3 Å². The summed E-state index contributed by atoms with van der Waals surface area (Å²) in [5.74, 6) is -0.687. The molecule has 2 N–H and O–H groups in total. The molecule has 6 heteroatoms. The van der Waals surface area contributed by atoms with Gasteiger partial charge in [-0.15, -0.1) is 0 Å². The minimum Gasteiger partial charge on any atom is -0.462 e. The van der Waals surface area contributed by atoms with Gasteiger partial charge in [-0.25, -0.2) is 0 Å². The Bertz CT molecular complexity index is 724. The largest absolute Gasteiger partial charge is 0.462 e. The molecule has 0 rings (SSSR count). The molecule has 0 spiro atoms. The van der Waals surface area contributed by atoms with E-state index in [0.29, 0.717) is 12.8 Å². The van der Waals surface area contributed by atoms with Crippen molar-refractivity contribution in [2.45, 2.75) is 148 Å². The smallest absolute Gasteiger partial charge is 0.306 e. The number of aliphatic hydroxyl groups is 2. The average Bonchev–Trinajstić information content (AvgIpc) is 2.97. The van der Waals surface area contributed by atoms with E-state index in [1.807, 2.05) is 12.2 Å². The molecular weight excluding hydrogens is 516 g/mol. The molecule has 0 aliphatic heterocycles. The Balaban J connectivity index is 3.77. The van der Waals surface area contributed by atoms with Gasteiger partial charge in [0.25, 0.3) is 0 Å². The summed E-state index contributed by atoms with van der Waals surface area (Å²) in [5, 5.41) is 19.2. The summed E-state index contributed by atoms with van der Waals surface area (Å²) in [7, 11) is 0. The Morgan fingerprint density at radius 1 is 0.659 bits per heavy atom. The molecule has 0 amide bonds. The number of aliphatic hydroxyl groups excluding tert-OH is 2. The third-order valence-corrected chi connectivity index (χ3v) is 6.70. The summed E-state index contributed by atoms with van der Waals surface area (Å²) >= 11 is 0. The standard InChI is InChI=1S/C35H60O6/c1-3-5-7-8-9-14-18-21-24-28-34(38)40-31-33(30-36)41-35(39)29-25-22-19-16-13-11-10-12-15-17-20-23-27-32(37)26-6-4-2/h10-11,15-17,19,23,27,32-33,36-37H,3-9,12-14,18,20-22,24-26,28-31H2,1-2H3/b11-10-,17-15-,19-16-,27-23-/t32-,33+/m1/s1. The van der Waals surface area contributed by atoms with Crippen molar-refractivity contribution in [3.8, 4) is 0 Å². The first kappa shape index (κ1) is 38.8. The fourth-order valence-electron chi connectivity index (χ4n) is 4.15. The molecule has 0 saturated heterocycles. The van der Waals surface area contributed by atoms with Crippen molar-refractivity contribution in [1.29, 1.82) is 0 Å². The number of allylic oxidation sites excluding steroid dienone is 7. The molecule has 2 atom stereocenters. The molecule has 41 heavy (non-hydrogen) atoms. The van der Waals surface area contributed by atoms with Gasteiger partial charge < -0.3 is 19.7 Å². The lowest BCUT2D eigenvalue weighted by atomic mass is 10.1. The highest BCUT2D eigenvalue weighted by molar-refractivity contribution is 5.70. The Morgan fingerprint density at radius 2 is 1.20 bits per heavy atom. The number of hydrogen-bond donors (Lipinski definition) is 2. The maximum Gasteiger partial charge on any atom is 0.306 e. The van der Waals surface area contributed by atoms with E-state index >= 15 is 0 Å². The lowest BCUT2D eigenvalue weighted by Crippen LogP contribution is -2.28. The van der Waals surface area contributed by atoms with Crippen LogP contribution in [0.4, 0.5) is 0 Å². The van der Waals surface area contributed by atoms with Crippen LogP contribution in [0.3, 0.4) is 0 Å². The topological polar surface area (TPSA) is 93.1 Å². The second kappa shape index (κ2) is 30.8. The molecule has 236 valence electrons. The van der Waals surface area contributed by atoms with Crippen LogP contribution >= 0.6 is 0 Å². The van der Waals surface area contributed by atoms with Crippen LogP contribution < -0.4 is 0 Å². The summed E-state index contributed by atoms with van der Waals surface area (Å²) in [6, 6.07) is 0. The lowest BCUT2D eigenvalue weighted by molar-refractivity contribution is -0.161. The van der Waals surface area contributed by atoms with Crippen molar-refractivity contribution in [1.82, 2.24) is 0 Å². The van der Waals surface area contributed by atoms with Crippen LogP contribution in [0.5, 0.6) is 0 Å². The Morgan fingerprint density at radius 3 is 1.80 bits per heavy atom. The third-order valence-electron chi connectivity index (χ3n) is 6.70. The van der Waals surface area contributed by atoms with Crippen LogP contribution in [0.25, 0.3) is 0 Å². The third kappa shape index (κ3) is 29.1. The summed E-state index contributed by atoms with van der Waals surface area (Å²) < 4.78 is 10.5. The number of rotatable bonds is 28. The molecule has 0 unspecified atom stereocenters. The highest BCUT2D eigenvalue weighted by Gasteiger charge is 2.15. The van der Waals surface area contributed by atoms with Gasteiger partial charge >= 0.3 is 11.9 Å². The number of carbonyl (C=O) groups excluding carboxylic acids is 2. The number of carbonyl (C=O) groups is 2. The van der Waals surface area contributed by atoms with Crippen molar-refractivity contribution in [2.75, 3.05) is 13.2 Å². The van der Waals surface area contributed by atoms with Crippen LogP contribution in [0.15, 0.2) is 48.6 Å². The predicted octanol–water partition coefficient (Wildman–Crippen LogP) is 8.47. The molecule has 0 radical (unpaired) electrons. The molecule has 0 fully saturated rings. The zero-order chi connectivity index (χ0) is 30.2. The van der Waals surface area contributed by atoms with E-state index in [1.54, 1.807) is 0 Å². The molecule has 0 aliphatic carbocycles. The first-order valence-corrected chi connectivity index (χ1v) is 16.3. The normalized spacial score (nSPS) is 13.6. The highest BCUT2D eigenvalue weighted by atomic mass is 16.6. The van der Waals surface area contributed by atoms with Gasteiger partial charge in [-0.2, -0.15) is 0 Å². The molecule has 0 saturated carbocycles. The van der Waals surface area contributed by atoms with Crippen molar-refractivity contribution in [3.63, 3.8) is 0 Å². The van der Waals surface area contributed by atoms with Crippen molar-refractivity contribution in [3.05, 3.63) is 48.6 Å². The molecule has 0 bridgehead atoms. The van der Waals surface area contributed by atoms with E-state index in [4.69, 9.17) is 9.47 Å². The van der Waals surface area contributed by atoms with Crippen LogP contribution in [-0.4, -0.2) is 47.6 Å². The van der Waals surface area contributed by atoms with Gasteiger partial charge in [0.15, 0.2) is 6.10 Å². The number of esters is 2. The quantitative estimate of drug-likeness (QED) is 0.0551. The summed E-state index contributed by atoms with van der Waals surface area (Å²) in [4.78, 5) is 24.0. The van der Waals surface area contributed by atoms with Gasteiger partial charge in [0, 0.05) is 12.8 Å². The number of ether oxygens (including phenoxy) is 2. The molecule has 0 aromatic carbocycles. The second-order valence-corrected chi connectivity index (χ2v) is 10.7. The minimum absolute atomic E-state index is 0.0984. The maximum atomic E-state index is 12.1. The molecule has 0 aromatic heterocycles. The van der Waals surface area contributed by atoms with Gasteiger partial charge in [0.2, 0.25) is 0 Å². The van der Waals surface area contributed by atoms with E-state index in [-0.39, 0.29) is 37.7 Å². The highest BCUT2D eigenvalue weighted by Crippen LogP contribution is 2.11. The van der Waals surface area contributed by atoms with Crippen LogP contribution in [0.1, 0.15) is 136 Å². The molecular formula is C35H60O6. The fourth-order valence-corrected chi connectivity index (χ4v) is 4.15. The Kier molecular flexibility index (Phi) is 29.1. The first-order chi connectivity index (χ1) is 20.0. The van der Waals surface area contributed by atoms with E-state index in [9.17, 15) is 19.8 Å². The van der Waals surface area contributed by atoms with E-state index in [0.717, 1.165) is 64.2 Å². The Labute approximate surface area is 251 Å². The summed E-state index contributed by atoms with van der Waals surface area (Å²) in [6.45, 7) is 3.88. The van der Waals surface area contributed by atoms with Crippen LogP contribution in [-0.2, 0) is 19.1 Å². The average molecular weight is 577 g/mol. The first-order valence-electron chi connectivity index (χ1n) is 16.3. The Hall–Kier alpha value is -2.18. The van der Waals surface area contributed by atoms with Crippen molar-refractivity contribution >= 4 is 11.9 Å². The van der Waals surface area contributed by atoms with E-state index in [1.165, 1.54) is 38.5 Å². The number of hydrogen-bond acceptors (Lipinski definition) is 6. The fraction of sp³-hybridized carbons (Fsp3) is 0.714. The minimum atomic E-state index is -0.808. The SMILES string of the molecule is CCCCCCCCCCCC(=O)OC[C@H](CO)OC(=O)CCC/C=C\C/C=C\C/C=C\C/C=C\[C@H](O)CCCC. The summed E-state index contributed by atoms with van der Waals surface area (Å²) in [5.41, 5.74) is 0. The van der Waals surface area contributed by atoms with Gasteiger partial charge in [0.1, 0.15) is 6.61 Å². The van der Waals surface area contributed by atoms with Crippen molar-refractivity contribution in [2.24, 2.45) is 0 Å². The molecule has 0 heterocycles. The van der Waals surface area contributed by atoms with Gasteiger partial charge in [-0.05, 0) is 44.9 Å². The molecule has 0 aromatic rings. The maximum absolute atomic E-state index is 12.1. The molecule has 0 aliphatic rings. The second-order valence-electron chi connectivity index (χ2n) is 10.7. The van der Waals surface area contributed by atoms with E-state index in [2.05, 4.69) is 50.3 Å². The monoisotopic (exact) mass is 576 g/mol. The molecule has 6 nitrogen and oxygen atoms in total.